The molecule has 1 atom stereocenters. The fraction of sp³-hybridized carbons (Fsp3) is 0.286. The van der Waals surface area contributed by atoms with Gasteiger partial charge in [0.2, 0.25) is 5.91 Å². The first-order valence-corrected chi connectivity index (χ1v) is 9.47. The molecule has 0 saturated carbocycles. The van der Waals surface area contributed by atoms with Crippen LogP contribution in [0.3, 0.4) is 0 Å². The molecule has 4 rings (SSSR count). The third kappa shape index (κ3) is 3.37. The SMILES string of the molecule is C[C@H](C(=O)Nc1ccc(-c2cccnc2)nc1)N1CCCC2=C1C(=O)N(C)C2=O. The minimum atomic E-state index is -0.596. The van der Waals surface area contributed by atoms with Gasteiger partial charge in [0, 0.05) is 37.1 Å². The lowest BCUT2D eigenvalue weighted by Gasteiger charge is -2.33. The van der Waals surface area contributed by atoms with E-state index in [-0.39, 0.29) is 17.7 Å². The van der Waals surface area contributed by atoms with E-state index in [1.54, 1.807) is 36.5 Å². The Morgan fingerprint density at radius 1 is 1.17 bits per heavy atom. The molecule has 1 N–H and O–H groups in total. The molecule has 0 bridgehead atoms. The van der Waals surface area contributed by atoms with E-state index >= 15 is 0 Å². The van der Waals surface area contributed by atoms with Gasteiger partial charge in [-0.15, -0.1) is 0 Å². The summed E-state index contributed by atoms with van der Waals surface area (Å²) in [6.45, 7) is 2.29. The molecule has 0 aromatic carbocycles. The maximum Gasteiger partial charge on any atom is 0.277 e. The lowest BCUT2D eigenvalue weighted by molar-refractivity contribution is -0.136. The lowest BCUT2D eigenvalue weighted by Crippen LogP contribution is -2.45. The molecule has 0 fully saturated rings. The number of imide groups is 1. The third-order valence-electron chi connectivity index (χ3n) is 5.30. The van der Waals surface area contributed by atoms with Crippen molar-refractivity contribution >= 4 is 23.4 Å². The molecule has 8 nitrogen and oxygen atoms in total. The second-order valence-electron chi connectivity index (χ2n) is 7.13. The molecule has 2 aromatic rings. The van der Waals surface area contributed by atoms with E-state index in [9.17, 15) is 14.4 Å². The van der Waals surface area contributed by atoms with Crippen LogP contribution in [0, 0.1) is 0 Å². The molecule has 0 radical (unpaired) electrons. The first-order valence-electron chi connectivity index (χ1n) is 9.47. The Kier molecular flexibility index (Phi) is 4.84. The molecule has 29 heavy (non-hydrogen) atoms. The van der Waals surface area contributed by atoms with Gasteiger partial charge in [0.1, 0.15) is 11.7 Å². The van der Waals surface area contributed by atoms with Gasteiger partial charge in [-0.05, 0) is 44.0 Å². The minimum absolute atomic E-state index is 0.260. The van der Waals surface area contributed by atoms with E-state index in [1.807, 2.05) is 18.2 Å². The summed E-state index contributed by atoms with van der Waals surface area (Å²) in [6, 6.07) is 6.74. The van der Waals surface area contributed by atoms with Crippen molar-refractivity contribution in [3.05, 3.63) is 54.1 Å². The zero-order valence-electron chi connectivity index (χ0n) is 16.3. The average Bonchev–Trinajstić information content (AvgIpc) is 2.98. The summed E-state index contributed by atoms with van der Waals surface area (Å²) in [4.78, 5) is 48.8. The Hall–Kier alpha value is -3.55. The van der Waals surface area contributed by atoms with Crippen molar-refractivity contribution in [3.8, 4) is 11.3 Å². The van der Waals surface area contributed by atoms with Gasteiger partial charge in [-0.1, -0.05) is 0 Å². The Bertz CT molecular complexity index is 1000. The maximum atomic E-state index is 12.8. The predicted molar refractivity (Wildman–Crippen MR) is 106 cm³/mol. The highest BCUT2D eigenvalue weighted by molar-refractivity contribution is 6.19. The normalized spacial score (nSPS) is 17.4. The highest BCUT2D eigenvalue weighted by atomic mass is 16.2. The number of aromatic nitrogens is 2. The van der Waals surface area contributed by atoms with Crippen LogP contribution in [0.4, 0.5) is 5.69 Å². The van der Waals surface area contributed by atoms with E-state index < -0.39 is 6.04 Å². The van der Waals surface area contributed by atoms with Gasteiger partial charge in [0.05, 0.1) is 17.6 Å². The molecule has 0 spiro atoms. The number of anilines is 1. The van der Waals surface area contributed by atoms with Crippen LogP contribution in [-0.2, 0) is 14.4 Å². The van der Waals surface area contributed by atoms with Crippen LogP contribution < -0.4 is 5.32 Å². The van der Waals surface area contributed by atoms with Gasteiger partial charge >= 0.3 is 0 Å². The van der Waals surface area contributed by atoms with Crippen molar-refractivity contribution in [1.82, 2.24) is 19.8 Å². The monoisotopic (exact) mass is 391 g/mol. The largest absolute Gasteiger partial charge is 0.355 e. The van der Waals surface area contributed by atoms with E-state index in [2.05, 4.69) is 15.3 Å². The number of carbonyl (C=O) groups excluding carboxylic acids is 3. The number of carbonyl (C=O) groups is 3. The Balaban J connectivity index is 1.49. The molecule has 2 aliphatic heterocycles. The summed E-state index contributed by atoms with van der Waals surface area (Å²) in [7, 11) is 1.47. The highest BCUT2D eigenvalue weighted by Gasteiger charge is 2.42. The van der Waals surface area contributed by atoms with Gasteiger partial charge in [-0.3, -0.25) is 29.3 Å². The van der Waals surface area contributed by atoms with Gasteiger partial charge < -0.3 is 10.2 Å². The Morgan fingerprint density at radius 3 is 2.69 bits per heavy atom. The smallest absolute Gasteiger partial charge is 0.277 e. The zero-order chi connectivity index (χ0) is 20.5. The summed E-state index contributed by atoms with van der Waals surface area (Å²) >= 11 is 0. The zero-order valence-corrected chi connectivity index (χ0v) is 16.3. The number of rotatable bonds is 4. The number of amides is 3. The van der Waals surface area contributed by atoms with Gasteiger partial charge in [0.25, 0.3) is 11.8 Å². The topological polar surface area (TPSA) is 95.5 Å². The quantitative estimate of drug-likeness (QED) is 0.799. The average molecular weight is 391 g/mol. The van der Waals surface area contributed by atoms with E-state index in [0.29, 0.717) is 29.9 Å². The molecule has 4 heterocycles. The number of hydrogen-bond donors (Lipinski definition) is 1. The predicted octanol–water partition coefficient (Wildman–Crippen LogP) is 1.82. The second kappa shape index (κ2) is 7.46. The van der Waals surface area contributed by atoms with Crippen molar-refractivity contribution in [3.63, 3.8) is 0 Å². The van der Waals surface area contributed by atoms with Crippen molar-refractivity contribution in [2.45, 2.75) is 25.8 Å². The van der Waals surface area contributed by atoms with E-state index in [4.69, 9.17) is 0 Å². The summed E-state index contributed by atoms with van der Waals surface area (Å²) in [5.41, 5.74) is 3.07. The molecule has 148 valence electrons. The summed E-state index contributed by atoms with van der Waals surface area (Å²) in [5, 5.41) is 2.84. The van der Waals surface area contributed by atoms with E-state index in [1.165, 1.54) is 7.05 Å². The van der Waals surface area contributed by atoms with Gasteiger partial charge in [0.15, 0.2) is 0 Å². The fourth-order valence-corrected chi connectivity index (χ4v) is 3.67. The van der Waals surface area contributed by atoms with Crippen molar-refractivity contribution in [2.75, 3.05) is 18.9 Å². The highest BCUT2D eigenvalue weighted by Crippen LogP contribution is 2.32. The van der Waals surface area contributed by atoms with Crippen molar-refractivity contribution in [2.24, 2.45) is 0 Å². The van der Waals surface area contributed by atoms with Crippen LogP contribution in [0.2, 0.25) is 0 Å². The lowest BCUT2D eigenvalue weighted by atomic mass is 10.0. The fourth-order valence-electron chi connectivity index (χ4n) is 3.67. The standard InChI is InChI=1S/C21H21N5O3/c1-13(26-10-4-6-16-18(26)21(29)25(2)20(16)28)19(27)24-15-7-8-17(23-12-15)14-5-3-9-22-11-14/h3,5,7-9,11-13H,4,6,10H2,1-2H3,(H,24,27)/t13-/m1/s1. The van der Waals surface area contributed by atoms with Crippen molar-refractivity contribution < 1.29 is 14.4 Å². The second-order valence-corrected chi connectivity index (χ2v) is 7.13. The van der Waals surface area contributed by atoms with E-state index in [0.717, 1.165) is 22.6 Å². The number of hydrogen-bond acceptors (Lipinski definition) is 6. The van der Waals surface area contributed by atoms with Crippen LogP contribution in [-0.4, -0.2) is 57.1 Å². The summed E-state index contributed by atoms with van der Waals surface area (Å²) in [6.07, 6.45) is 6.30. The summed E-state index contributed by atoms with van der Waals surface area (Å²) in [5.74, 6) is -0.867. The molecule has 2 aromatic heterocycles. The number of nitrogens with zero attached hydrogens (tertiary/aromatic N) is 4. The third-order valence-corrected chi connectivity index (χ3v) is 5.30. The van der Waals surface area contributed by atoms with Crippen LogP contribution >= 0.6 is 0 Å². The number of nitrogens with one attached hydrogen (secondary N) is 1. The molecule has 0 aliphatic carbocycles. The molecular weight excluding hydrogens is 370 g/mol. The molecule has 3 amide bonds. The van der Waals surface area contributed by atoms with Crippen molar-refractivity contribution in [1.29, 1.82) is 0 Å². The minimum Gasteiger partial charge on any atom is -0.355 e. The summed E-state index contributed by atoms with van der Waals surface area (Å²) < 4.78 is 0. The van der Waals surface area contributed by atoms with Crippen LogP contribution in [0.15, 0.2) is 54.1 Å². The molecule has 8 heteroatoms. The van der Waals surface area contributed by atoms with Crippen LogP contribution in [0.1, 0.15) is 19.8 Å². The number of pyridine rings is 2. The number of likely N-dealkylation sites (N-methyl/N-ethyl adjacent to an activating group) is 1. The molecular formula is C21H21N5O3. The van der Waals surface area contributed by atoms with Crippen LogP contribution in [0.5, 0.6) is 0 Å². The Labute approximate surface area is 168 Å². The Morgan fingerprint density at radius 2 is 2.00 bits per heavy atom. The first kappa shape index (κ1) is 18.8. The molecule has 0 unspecified atom stereocenters. The first-order chi connectivity index (χ1) is 14.0. The van der Waals surface area contributed by atoms with Gasteiger partial charge in [-0.25, -0.2) is 0 Å². The molecule has 2 aliphatic rings. The molecule has 0 saturated heterocycles. The van der Waals surface area contributed by atoms with Gasteiger partial charge in [-0.2, -0.15) is 0 Å². The van der Waals surface area contributed by atoms with Crippen LogP contribution in [0.25, 0.3) is 11.3 Å². The maximum absolute atomic E-state index is 12.8.